The molecule has 0 aliphatic carbocycles. The fourth-order valence-corrected chi connectivity index (χ4v) is 5.59. The molecule has 1 N–H and O–H groups in total. The maximum Gasteiger partial charge on any atom is 0.260 e. The summed E-state index contributed by atoms with van der Waals surface area (Å²) in [7, 11) is 0. The lowest BCUT2D eigenvalue weighted by atomic mass is 10.1. The number of aromatic amines is 1. The monoisotopic (exact) mass is 443 g/mol. The van der Waals surface area contributed by atoms with Crippen molar-refractivity contribution in [1.82, 2.24) is 14.9 Å². The van der Waals surface area contributed by atoms with Crippen molar-refractivity contribution in [2.24, 2.45) is 0 Å². The number of nitrogens with one attached hydrogen (secondary N) is 1. The number of hydrogen-bond acceptors (Lipinski definition) is 6. The zero-order valence-corrected chi connectivity index (χ0v) is 18.9. The second-order valence-corrected chi connectivity index (χ2v) is 9.85. The Balaban J connectivity index is 1.47. The first-order valence-corrected chi connectivity index (χ1v) is 12.0. The van der Waals surface area contributed by atoms with Crippen molar-refractivity contribution in [1.29, 1.82) is 0 Å². The number of aromatic nitrogens is 2. The van der Waals surface area contributed by atoms with Gasteiger partial charge in [0.1, 0.15) is 10.7 Å². The number of rotatable bonds is 5. The van der Waals surface area contributed by atoms with Gasteiger partial charge in [0.15, 0.2) is 0 Å². The van der Waals surface area contributed by atoms with Crippen LogP contribution in [0.25, 0.3) is 21.3 Å². The van der Waals surface area contributed by atoms with Gasteiger partial charge in [0.05, 0.1) is 28.6 Å². The highest BCUT2D eigenvalue weighted by atomic mass is 32.2. The Hall–Kier alpha value is -2.16. The molecule has 0 spiro atoms. The molecule has 3 heterocycles. The van der Waals surface area contributed by atoms with Crippen molar-refractivity contribution >= 4 is 39.2 Å². The van der Waals surface area contributed by atoms with E-state index in [0.717, 1.165) is 16.0 Å². The van der Waals surface area contributed by atoms with E-state index in [1.165, 1.54) is 23.1 Å². The average Bonchev–Trinajstić information content (AvgIpc) is 3.16. The highest BCUT2D eigenvalue weighted by Crippen LogP contribution is 2.31. The van der Waals surface area contributed by atoms with Gasteiger partial charge >= 0.3 is 0 Å². The Morgan fingerprint density at radius 3 is 2.70 bits per heavy atom. The van der Waals surface area contributed by atoms with Crippen LogP contribution in [-0.2, 0) is 15.3 Å². The summed E-state index contributed by atoms with van der Waals surface area (Å²) in [6.45, 7) is 7.12. The molecule has 30 heavy (non-hydrogen) atoms. The predicted octanol–water partition coefficient (Wildman–Crippen LogP) is 3.91. The van der Waals surface area contributed by atoms with Crippen LogP contribution in [0.4, 0.5) is 0 Å². The summed E-state index contributed by atoms with van der Waals surface area (Å²) in [5.41, 5.74) is 1.78. The first kappa shape index (κ1) is 21.1. The Labute approximate surface area is 183 Å². The van der Waals surface area contributed by atoms with Crippen molar-refractivity contribution in [3.63, 3.8) is 0 Å². The third kappa shape index (κ3) is 4.45. The molecular formula is C22H25N3O3S2. The molecule has 3 unspecified atom stereocenters. The molecule has 3 aromatic rings. The second-order valence-electron chi connectivity index (χ2n) is 7.66. The number of fused-ring (bicyclic) bond motifs is 1. The Morgan fingerprint density at radius 1 is 1.30 bits per heavy atom. The van der Waals surface area contributed by atoms with E-state index in [0.29, 0.717) is 30.1 Å². The third-order valence-electron chi connectivity index (χ3n) is 5.13. The van der Waals surface area contributed by atoms with Gasteiger partial charge in [0, 0.05) is 24.0 Å². The van der Waals surface area contributed by atoms with Crippen LogP contribution < -0.4 is 5.56 Å². The van der Waals surface area contributed by atoms with E-state index in [9.17, 15) is 9.59 Å². The van der Waals surface area contributed by atoms with E-state index in [1.54, 1.807) is 0 Å². The minimum Gasteiger partial charge on any atom is -0.372 e. The SMILES string of the molecule is CC1CN(C(=O)C(C)SCc2nc3scc(-c4ccccc4)c3c(=O)[nH]2)CC(C)O1. The second kappa shape index (κ2) is 8.91. The predicted molar refractivity (Wildman–Crippen MR) is 123 cm³/mol. The van der Waals surface area contributed by atoms with E-state index in [2.05, 4.69) is 9.97 Å². The largest absolute Gasteiger partial charge is 0.372 e. The maximum absolute atomic E-state index is 12.8. The van der Waals surface area contributed by atoms with Crippen LogP contribution in [0.3, 0.4) is 0 Å². The fourth-order valence-electron chi connectivity index (χ4n) is 3.78. The minimum atomic E-state index is -0.216. The Bertz CT molecular complexity index is 1090. The molecule has 158 valence electrons. The highest BCUT2D eigenvalue weighted by Gasteiger charge is 2.29. The number of morpholine rings is 1. The molecule has 6 nitrogen and oxygen atoms in total. The number of carbonyl (C=O) groups is 1. The lowest BCUT2D eigenvalue weighted by molar-refractivity contribution is -0.142. The van der Waals surface area contributed by atoms with E-state index < -0.39 is 0 Å². The summed E-state index contributed by atoms with van der Waals surface area (Å²) < 4.78 is 5.71. The van der Waals surface area contributed by atoms with Crippen LogP contribution in [0.1, 0.15) is 26.6 Å². The zero-order chi connectivity index (χ0) is 21.3. The standard InChI is InChI=1S/C22H25N3O3S2/c1-13-9-25(10-14(2)28-13)22(27)15(3)29-12-18-23-20(26)19-17(11-30-21(19)24-18)16-7-5-4-6-8-16/h4-8,11,13-15H,9-10,12H2,1-3H3,(H,23,24,26). The lowest BCUT2D eigenvalue weighted by Gasteiger charge is -2.36. The number of thiophene rings is 1. The fraction of sp³-hybridized carbons (Fsp3) is 0.409. The lowest BCUT2D eigenvalue weighted by Crippen LogP contribution is -2.50. The molecule has 3 atom stereocenters. The van der Waals surface area contributed by atoms with Crippen LogP contribution in [0.2, 0.25) is 0 Å². The summed E-state index contributed by atoms with van der Waals surface area (Å²) in [6, 6.07) is 9.85. The van der Waals surface area contributed by atoms with Crippen molar-refractivity contribution < 1.29 is 9.53 Å². The summed E-state index contributed by atoms with van der Waals surface area (Å²) >= 11 is 2.97. The Morgan fingerprint density at radius 2 is 2.00 bits per heavy atom. The zero-order valence-electron chi connectivity index (χ0n) is 17.3. The number of nitrogens with zero attached hydrogens (tertiary/aromatic N) is 2. The number of carbonyl (C=O) groups excluding carboxylic acids is 1. The normalized spacial score (nSPS) is 20.4. The molecule has 1 aliphatic heterocycles. The number of amides is 1. The van der Waals surface area contributed by atoms with Crippen molar-refractivity contribution in [3.05, 3.63) is 51.9 Å². The van der Waals surface area contributed by atoms with E-state index in [4.69, 9.17) is 4.74 Å². The first-order valence-electron chi connectivity index (χ1n) is 10.0. The molecule has 0 bridgehead atoms. The van der Waals surface area contributed by atoms with Gasteiger partial charge in [-0.1, -0.05) is 30.3 Å². The van der Waals surface area contributed by atoms with Gasteiger partial charge in [0.25, 0.3) is 5.56 Å². The molecule has 1 amide bonds. The maximum atomic E-state index is 12.8. The van der Waals surface area contributed by atoms with Gasteiger partial charge in [-0.3, -0.25) is 9.59 Å². The van der Waals surface area contributed by atoms with Crippen LogP contribution in [0, 0.1) is 0 Å². The van der Waals surface area contributed by atoms with Crippen LogP contribution in [0.15, 0.2) is 40.5 Å². The van der Waals surface area contributed by atoms with E-state index in [-0.39, 0.29) is 28.9 Å². The molecule has 1 aliphatic rings. The summed E-state index contributed by atoms with van der Waals surface area (Å²) in [5, 5.41) is 2.39. The van der Waals surface area contributed by atoms with Crippen molar-refractivity contribution in [2.75, 3.05) is 13.1 Å². The number of benzene rings is 1. The van der Waals surface area contributed by atoms with Gasteiger partial charge in [-0.05, 0) is 26.3 Å². The van der Waals surface area contributed by atoms with E-state index in [1.807, 2.05) is 61.4 Å². The molecule has 0 radical (unpaired) electrons. The highest BCUT2D eigenvalue weighted by molar-refractivity contribution is 7.99. The topological polar surface area (TPSA) is 75.3 Å². The number of ether oxygens (including phenoxy) is 1. The summed E-state index contributed by atoms with van der Waals surface area (Å²) in [6.07, 6.45) is 0.0981. The number of hydrogen-bond donors (Lipinski definition) is 1. The molecule has 8 heteroatoms. The van der Waals surface area contributed by atoms with Crippen molar-refractivity contribution in [3.8, 4) is 11.1 Å². The first-order chi connectivity index (χ1) is 14.4. The van der Waals surface area contributed by atoms with Gasteiger partial charge in [-0.25, -0.2) is 4.98 Å². The van der Waals surface area contributed by atoms with Gasteiger partial charge < -0.3 is 14.6 Å². The van der Waals surface area contributed by atoms with Crippen LogP contribution in [0.5, 0.6) is 0 Å². The number of H-pyrrole nitrogens is 1. The molecule has 0 saturated carbocycles. The summed E-state index contributed by atoms with van der Waals surface area (Å²) in [4.78, 5) is 35.7. The third-order valence-corrected chi connectivity index (χ3v) is 7.14. The van der Waals surface area contributed by atoms with Gasteiger partial charge in [-0.2, -0.15) is 0 Å². The molecular weight excluding hydrogens is 418 g/mol. The Kier molecular flexibility index (Phi) is 6.26. The molecule has 1 fully saturated rings. The average molecular weight is 444 g/mol. The minimum absolute atomic E-state index is 0.0490. The molecule has 2 aromatic heterocycles. The van der Waals surface area contributed by atoms with Crippen molar-refractivity contribution in [2.45, 2.75) is 44.0 Å². The van der Waals surface area contributed by atoms with E-state index >= 15 is 0 Å². The number of thioether (sulfide) groups is 1. The quantitative estimate of drug-likeness (QED) is 0.647. The van der Waals surface area contributed by atoms with Crippen LogP contribution >= 0.6 is 23.1 Å². The van der Waals surface area contributed by atoms with Gasteiger partial charge in [0.2, 0.25) is 5.91 Å². The van der Waals surface area contributed by atoms with Gasteiger partial charge in [-0.15, -0.1) is 23.1 Å². The molecule has 1 aromatic carbocycles. The summed E-state index contributed by atoms with van der Waals surface area (Å²) in [5.74, 6) is 1.18. The molecule has 4 rings (SSSR count). The molecule has 1 saturated heterocycles. The van der Waals surface area contributed by atoms with Crippen LogP contribution in [-0.4, -0.2) is 51.3 Å². The smallest absolute Gasteiger partial charge is 0.260 e.